The normalized spacial score (nSPS) is 16.5. The van der Waals surface area contributed by atoms with Crippen LogP contribution in [0.4, 0.5) is 0 Å². The molecule has 1 saturated heterocycles. The van der Waals surface area contributed by atoms with E-state index in [1.165, 1.54) is 17.0 Å². The number of nitrogens with two attached hydrogens (primary N) is 5. The number of carboxylic acids is 1. The van der Waals surface area contributed by atoms with Gasteiger partial charge in [-0.05, 0) is 62.6 Å². The summed E-state index contributed by atoms with van der Waals surface area (Å²) in [5.41, 5.74) is 28.3. The lowest BCUT2D eigenvalue weighted by molar-refractivity contribution is -0.149. The number of hydrogen-bond donors (Lipinski definition) is 9. The van der Waals surface area contributed by atoms with Gasteiger partial charge in [-0.15, -0.1) is 0 Å². The minimum absolute atomic E-state index is 0.0697. The van der Waals surface area contributed by atoms with Gasteiger partial charge in [-0.1, -0.05) is 12.1 Å². The number of likely N-dealkylation sites (tertiary alicyclic amines) is 1. The van der Waals surface area contributed by atoms with Crippen LogP contribution in [0.1, 0.15) is 44.1 Å². The zero-order chi connectivity index (χ0) is 31.2. The third-order valence-electron chi connectivity index (χ3n) is 6.69. The predicted molar refractivity (Wildman–Crippen MR) is 156 cm³/mol. The Morgan fingerprint density at radius 1 is 0.905 bits per heavy atom. The summed E-state index contributed by atoms with van der Waals surface area (Å²) in [5, 5.41) is 24.4. The fourth-order valence-electron chi connectivity index (χ4n) is 4.55. The SMILES string of the molecule is NC(N)=NCCCC(NC(=O)C(N)Cc1ccc(O)cc1)C(=O)NC(CCCN=C(N)N)C(=O)N1CCCC1C(=O)O. The van der Waals surface area contributed by atoms with E-state index in [2.05, 4.69) is 20.6 Å². The molecular weight excluding hydrogens is 548 g/mol. The summed E-state index contributed by atoms with van der Waals surface area (Å²) in [6.07, 6.45) is 1.85. The highest BCUT2D eigenvalue weighted by Gasteiger charge is 2.38. The first-order valence-corrected chi connectivity index (χ1v) is 13.7. The van der Waals surface area contributed by atoms with Crippen LogP contribution in [-0.2, 0) is 25.6 Å². The molecule has 1 aliphatic heterocycles. The molecule has 1 aromatic carbocycles. The number of guanidine groups is 2. The standard InChI is InChI=1S/C26H42N10O6/c27-17(14-15-7-9-16(37)10-8-15)21(38)34-18(4-1-11-32-25(28)29)22(39)35-19(5-2-12-33-26(30)31)23(40)36-13-3-6-20(36)24(41)42/h7-10,17-20,37H,1-6,11-14,27H2,(H,34,38)(H,35,39)(H,41,42)(H4,28,29,32)(H4,30,31,33). The molecule has 1 aliphatic rings. The van der Waals surface area contributed by atoms with Crippen LogP contribution in [-0.4, -0.2) is 94.5 Å². The first-order chi connectivity index (χ1) is 19.9. The maximum absolute atomic E-state index is 13.5. The maximum atomic E-state index is 13.5. The topological polar surface area (TPSA) is 291 Å². The zero-order valence-corrected chi connectivity index (χ0v) is 23.4. The number of aliphatic carboxylic acids is 1. The van der Waals surface area contributed by atoms with Crippen LogP contribution < -0.4 is 39.3 Å². The van der Waals surface area contributed by atoms with Gasteiger partial charge in [0, 0.05) is 19.6 Å². The highest BCUT2D eigenvalue weighted by atomic mass is 16.4. The number of phenols is 1. The van der Waals surface area contributed by atoms with Crippen LogP contribution in [0.3, 0.4) is 0 Å². The molecule has 1 aromatic rings. The predicted octanol–water partition coefficient (Wildman–Crippen LogP) is -2.59. The Kier molecular flexibility index (Phi) is 13.3. The Labute approximate surface area is 243 Å². The number of hydrogen-bond acceptors (Lipinski definition) is 8. The third-order valence-corrected chi connectivity index (χ3v) is 6.69. The first kappa shape index (κ1) is 33.6. The van der Waals surface area contributed by atoms with Gasteiger partial charge in [0.15, 0.2) is 11.9 Å². The van der Waals surface area contributed by atoms with Gasteiger partial charge in [-0.2, -0.15) is 0 Å². The molecule has 0 radical (unpaired) electrons. The molecule has 0 saturated carbocycles. The van der Waals surface area contributed by atoms with Gasteiger partial charge in [-0.3, -0.25) is 24.4 Å². The van der Waals surface area contributed by atoms with Crippen molar-refractivity contribution in [1.29, 1.82) is 0 Å². The highest BCUT2D eigenvalue weighted by Crippen LogP contribution is 2.20. The molecule has 1 fully saturated rings. The highest BCUT2D eigenvalue weighted by molar-refractivity contribution is 5.94. The monoisotopic (exact) mass is 590 g/mol. The van der Waals surface area contributed by atoms with E-state index >= 15 is 0 Å². The average Bonchev–Trinajstić information content (AvgIpc) is 3.43. The Hall–Kier alpha value is -4.60. The number of aromatic hydroxyl groups is 1. The Balaban J connectivity index is 2.19. The average molecular weight is 591 g/mol. The van der Waals surface area contributed by atoms with Crippen molar-refractivity contribution in [3.8, 4) is 5.75 Å². The number of aliphatic imine (C=N–C) groups is 2. The molecule has 42 heavy (non-hydrogen) atoms. The van der Waals surface area contributed by atoms with Crippen molar-refractivity contribution in [3.05, 3.63) is 29.8 Å². The summed E-state index contributed by atoms with van der Waals surface area (Å²) < 4.78 is 0. The quantitative estimate of drug-likeness (QED) is 0.0547. The molecule has 16 nitrogen and oxygen atoms in total. The zero-order valence-electron chi connectivity index (χ0n) is 23.4. The van der Waals surface area contributed by atoms with Crippen molar-refractivity contribution >= 4 is 35.6 Å². The molecule has 4 unspecified atom stereocenters. The van der Waals surface area contributed by atoms with Crippen LogP contribution in [0.15, 0.2) is 34.3 Å². The number of phenolic OH excluding ortho intramolecular Hbond substituents is 1. The lowest BCUT2D eigenvalue weighted by atomic mass is 10.0. The second-order valence-electron chi connectivity index (χ2n) is 10.0. The van der Waals surface area contributed by atoms with Crippen molar-refractivity contribution in [2.45, 2.75) is 69.1 Å². The summed E-state index contributed by atoms with van der Waals surface area (Å²) in [6.45, 7) is 0.618. The van der Waals surface area contributed by atoms with Gasteiger partial charge in [0.25, 0.3) is 0 Å². The van der Waals surface area contributed by atoms with E-state index < -0.39 is 47.9 Å². The van der Waals surface area contributed by atoms with E-state index in [0.29, 0.717) is 31.2 Å². The fraction of sp³-hybridized carbons (Fsp3) is 0.538. The molecule has 2 rings (SSSR count). The van der Waals surface area contributed by atoms with Crippen LogP contribution in [0, 0.1) is 0 Å². The Morgan fingerprint density at radius 2 is 1.45 bits per heavy atom. The van der Waals surface area contributed by atoms with E-state index in [9.17, 15) is 29.4 Å². The van der Waals surface area contributed by atoms with Crippen molar-refractivity contribution in [3.63, 3.8) is 0 Å². The molecule has 3 amide bonds. The van der Waals surface area contributed by atoms with Crippen LogP contribution in [0.2, 0.25) is 0 Å². The van der Waals surface area contributed by atoms with Gasteiger partial charge in [0.1, 0.15) is 23.9 Å². The number of rotatable bonds is 16. The molecule has 16 heteroatoms. The van der Waals surface area contributed by atoms with E-state index in [4.69, 9.17) is 28.7 Å². The van der Waals surface area contributed by atoms with Crippen LogP contribution in [0.25, 0.3) is 0 Å². The largest absolute Gasteiger partial charge is 0.508 e. The molecule has 0 aliphatic carbocycles. The van der Waals surface area contributed by atoms with Crippen LogP contribution in [0.5, 0.6) is 5.75 Å². The number of benzene rings is 1. The molecule has 4 atom stereocenters. The minimum atomic E-state index is -1.13. The first-order valence-electron chi connectivity index (χ1n) is 13.7. The second-order valence-corrected chi connectivity index (χ2v) is 10.0. The third kappa shape index (κ3) is 11.1. The van der Waals surface area contributed by atoms with E-state index in [1.54, 1.807) is 12.1 Å². The Bertz CT molecular complexity index is 1130. The van der Waals surface area contributed by atoms with Crippen molar-refractivity contribution in [2.24, 2.45) is 38.7 Å². The molecule has 232 valence electrons. The molecule has 0 aromatic heterocycles. The number of nitrogens with zero attached hydrogens (tertiary/aromatic N) is 3. The molecule has 0 spiro atoms. The van der Waals surface area contributed by atoms with Crippen molar-refractivity contribution in [2.75, 3.05) is 19.6 Å². The summed E-state index contributed by atoms with van der Waals surface area (Å²) in [7, 11) is 0. The van der Waals surface area contributed by atoms with Gasteiger partial charge in [0.05, 0.1) is 6.04 Å². The maximum Gasteiger partial charge on any atom is 0.326 e. The summed E-state index contributed by atoms with van der Waals surface area (Å²) in [6, 6.07) is 2.00. The van der Waals surface area contributed by atoms with Crippen LogP contribution >= 0.6 is 0 Å². The van der Waals surface area contributed by atoms with E-state index in [0.717, 1.165) is 0 Å². The second kappa shape index (κ2) is 16.6. The van der Waals surface area contributed by atoms with Gasteiger partial charge >= 0.3 is 5.97 Å². The van der Waals surface area contributed by atoms with Gasteiger partial charge < -0.3 is 54.4 Å². The van der Waals surface area contributed by atoms with Crippen molar-refractivity contribution < 1.29 is 29.4 Å². The van der Waals surface area contributed by atoms with Gasteiger partial charge in [0.2, 0.25) is 17.7 Å². The summed E-state index contributed by atoms with van der Waals surface area (Å²) in [5.74, 6) is -3.12. The molecule has 1 heterocycles. The number of amides is 3. The van der Waals surface area contributed by atoms with E-state index in [1.807, 2.05) is 0 Å². The molecular formula is C26H42N10O6. The lowest BCUT2D eigenvalue weighted by Gasteiger charge is -2.29. The molecule has 0 bridgehead atoms. The number of nitrogens with one attached hydrogen (secondary N) is 2. The summed E-state index contributed by atoms with van der Waals surface area (Å²) >= 11 is 0. The number of carbonyl (C=O) groups excluding carboxylic acids is 3. The van der Waals surface area contributed by atoms with E-state index in [-0.39, 0.29) is 56.6 Å². The number of carboxylic acid groups (broad SMARTS) is 1. The molecule has 14 N–H and O–H groups in total. The number of carbonyl (C=O) groups is 4. The van der Waals surface area contributed by atoms with Gasteiger partial charge in [-0.25, -0.2) is 4.79 Å². The Morgan fingerprint density at radius 3 is 2.00 bits per heavy atom. The summed E-state index contributed by atoms with van der Waals surface area (Å²) in [4.78, 5) is 60.6. The minimum Gasteiger partial charge on any atom is -0.508 e. The fourth-order valence-corrected chi connectivity index (χ4v) is 4.55. The lowest BCUT2D eigenvalue weighted by Crippen LogP contribution is -2.57. The van der Waals surface area contributed by atoms with Crippen molar-refractivity contribution in [1.82, 2.24) is 15.5 Å². The smallest absolute Gasteiger partial charge is 0.326 e.